The molecule has 1 aromatic carbocycles. The topological polar surface area (TPSA) is 135 Å². The molecule has 0 spiro atoms. The number of nitrogens with one attached hydrogen (secondary N) is 2. The molecular weight excluding hydrogens is 472 g/mol. The predicted octanol–water partition coefficient (Wildman–Crippen LogP) is 3.65. The zero-order valence-corrected chi connectivity index (χ0v) is 19.8. The van der Waals surface area contributed by atoms with Crippen LogP contribution in [0, 0.1) is 13.8 Å². The third-order valence-electron chi connectivity index (χ3n) is 5.62. The minimum atomic E-state index is -1.27. The van der Waals surface area contributed by atoms with Crippen molar-refractivity contribution in [3.05, 3.63) is 80.6 Å². The van der Waals surface area contributed by atoms with Crippen molar-refractivity contribution < 1.29 is 14.4 Å². The molecule has 11 heteroatoms. The van der Waals surface area contributed by atoms with E-state index in [0.29, 0.717) is 39.4 Å². The first-order chi connectivity index (χ1) is 16.8. The summed E-state index contributed by atoms with van der Waals surface area (Å²) in [5, 5.41) is 20.2. The van der Waals surface area contributed by atoms with E-state index >= 15 is 0 Å². The Morgan fingerprint density at radius 3 is 2.77 bits per heavy atom. The molecule has 0 aliphatic carbocycles. The summed E-state index contributed by atoms with van der Waals surface area (Å²) in [7, 11) is 0. The molecule has 2 atom stereocenters. The maximum absolute atomic E-state index is 13.3. The Hall–Kier alpha value is -4.02. The summed E-state index contributed by atoms with van der Waals surface area (Å²) < 4.78 is 6.30. The van der Waals surface area contributed by atoms with Gasteiger partial charge < -0.3 is 25.0 Å². The van der Waals surface area contributed by atoms with Crippen LogP contribution in [0.5, 0.6) is 0 Å². The number of aliphatic hydroxyl groups is 1. The summed E-state index contributed by atoms with van der Waals surface area (Å²) in [4.78, 5) is 30.8. The second-order valence-corrected chi connectivity index (χ2v) is 8.53. The van der Waals surface area contributed by atoms with E-state index in [1.807, 2.05) is 26.0 Å². The number of aryl methyl sites for hydroxylation is 1. The van der Waals surface area contributed by atoms with E-state index in [4.69, 9.17) is 20.9 Å². The van der Waals surface area contributed by atoms with E-state index in [1.165, 1.54) is 0 Å². The molecule has 0 radical (unpaired) electrons. The first kappa shape index (κ1) is 22.8. The highest BCUT2D eigenvalue weighted by Gasteiger charge is 2.24. The molecule has 0 fully saturated rings. The van der Waals surface area contributed by atoms with Crippen LogP contribution in [-0.2, 0) is 4.84 Å². The van der Waals surface area contributed by atoms with Gasteiger partial charge in [-0.25, -0.2) is 9.97 Å². The number of aromatic nitrogens is 3. The van der Waals surface area contributed by atoms with Gasteiger partial charge in [0.1, 0.15) is 22.1 Å². The molecule has 4 heterocycles. The van der Waals surface area contributed by atoms with Crippen molar-refractivity contribution in [2.24, 2.45) is 5.16 Å². The highest BCUT2D eigenvalue weighted by molar-refractivity contribution is 6.29. The zero-order valence-electron chi connectivity index (χ0n) is 19.0. The van der Waals surface area contributed by atoms with Crippen molar-refractivity contribution in [1.82, 2.24) is 20.3 Å². The Kier molecular flexibility index (Phi) is 5.83. The lowest BCUT2D eigenvalue weighted by Crippen LogP contribution is -2.30. The second-order valence-electron chi connectivity index (χ2n) is 8.14. The Morgan fingerprint density at radius 2 is 2.06 bits per heavy atom. The summed E-state index contributed by atoms with van der Waals surface area (Å²) in [5.74, 6) is 0.605. The molecule has 0 amide bonds. The van der Waals surface area contributed by atoms with Gasteiger partial charge in [0, 0.05) is 23.5 Å². The highest BCUT2D eigenvalue weighted by Crippen LogP contribution is 2.32. The minimum absolute atomic E-state index is 0.131. The number of halogens is 1. The Bertz CT molecular complexity index is 1520. The largest absolute Gasteiger partial charge is 0.453 e. The molecule has 10 nitrogen and oxygen atoms in total. The van der Waals surface area contributed by atoms with Gasteiger partial charge in [-0.2, -0.15) is 0 Å². The smallest absolute Gasteiger partial charge is 0.305 e. The summed E-state index contributed by atoms with van der Waals surface area (Å²) in [5.41, 5.74) is 3.89. The molecule has 1 unspecified atom stereocenters. The quantitative estimate of drug-likeness (QED) is 0.357. The fourth-order valence-electron chi connectivity index (χ4n) is 3.98. The number of nitrogens with zero attached hydrogens (tertiary/aromatic N) is 4. The molecule has 5 rings (SSSR count). The van der Waals surface area contributed by atoms with Crippen LogP contribution in [0.1, 0.15) is 35.3 Å². The highest BCUT2D eigenvalue weighted by atomic mass is 35.5. The summed E-state index contributed by atoms with van der Waals surface area (Å²) in [6, 6.07) is 6.83. The van der Waals surface area contributed by atoms with E-state index in [2.05, 4.69) is 30.7 Å². The van der Waals surface area contributed by atoms with E-state index in [0.717, 1.165) is 11.1 Å². The number of hydrogen-bond donors (Lipinski definition) is 3. The normalized spacial score (nSPS) is 15.9. The van der Waals surface area contributed by atoms with Gasteiger partial charge in [-0.15, -0.1) is 0 Å². The number of amidine groups is 1. The molecule has 178 valence electrons. The maximum Gasteiger partial charge on any atom is 0.305 e. The zero-order chi connectivity index (χ0) is 24.7. The Morgan fingerprint density at radius 1 is 1.23 bits per heavy atom. The Balaban J connectivity index is 1.62. The van der Waals surface area contributed by atoms with Crippen molar-refractivity contribution >= 4 is 34.1 Å². The van der Waals surface area contributed by atoms with Crippen LogP contribution in [0.25, 0.3) is 22.4 Å². The first-order valence-corrected chi connectivity index (χ1v) is 11.2. The number of anilines is 1. The maximum atomic E-state index is 13.3. The van der Waals surface area contributed by atoms with Crippen molar-refractivity contribution in [2.45, 2.75) is 33.2 Å². The van der Waals surface area contributed by atoms with Crippen molar-refractivity contribution in [1.29, 1.82) is 0 Å². The van der Waals surface area contributed by atoms with Crippen LogP contribution >= 0.6 is 11.6 Å². The SMILES string of the molecule is Cc1cc([C@@H](C)Nc2ccc(Cl)nc2C2=NOC(O)N2)c2oc(-c3cnccn3)c(C)c(=O)c2c1. The molecule has 4 aromatic rings. The molecule has 0 saturated heterocycles. The number of oxime groups is 1. The first-order valence-electron chi connectivity index (χ1n) is 10.8. The third kappa shape index (κ3) is 4.29. The van der Waals surface area contributed by atoms with E-state index in [1.54, 1.807) is 37.6 Å². The number of fused-ring (bicyclic) bond motifs is 1. The van der Waals surface area contributed by atoms with E-state index in [9.17, 15) is 9.90 Å². The predicted molar refractivity (Wildman–Crippen MR) is 131 cm³/mol. The van der Waals surface area contributed by atoms with Crippen LogP contribution in [0.4, 0.5) is 5.69 Å². The number of pyridine rings is 1. The van der Waals surface area contributed by atoms with Crippen molar-refractivity contribution in [3.8, 4) is 11.5 Å². The monoisotopic (exact) mass is 492 g/mol. The van der Waals surface area contributed by atoms with Crippen molar-refractivity contribution in [3.63, 3.8) is 0 Å². The van der Waals surface area contributed by atoms with E-state index < -0.39 is 6.41 Å². The fraction of sp³-hybridized carbons (Fsp3) is 0.208. The molecule has 35 heavy (non-hydrogen) atoms. The molecule has 0 saturated carbocycles. The Labute approximate surface area is 204 Å². The van der Waals surface area contributed by atoms with Gasteiger partial charge in [-0.05, 0) is 44.5 Å². The van der Waals surface area contributed by atoms with Crippen LogP contribution in [-0.4, -0.2) is 32.3 Å². The number of aliphatic hydroxyl groups excluding tert-OH is 1. The summed E-state index contributed by atoms with van der Waals surface area (Å²) >= 11 is 6.11. The second kappa shape index (κ2) is 8.97. The van der Waals surface area contributed by atoms with Crippen LogP contribution < -0.4 is 16.1 Å². The summed E-state index contributed by atoms with van der Waals surface area (Å²) in [6.45, 7) is 5.58. The number of rotatable bonds is 5. The molecule has 3 N–H and O–H groups in total. The standard InChI is InChI=1S/C24H21ClN6O4/c1-11-8-14(13(3)28-16-4-5-18(25)29-19(16)23-30-24(33)35-31-23)22-15(9-11)20(32)12(2)21(34-22)17-10-26-6-7-27-17/h4-10,13,24,28,33H,1-3H3,(H,30,31)/t13-,24?/m1/s1. The van der Waals surface area contributed by atoms with Gasteiger partial charge in [0.15, 0.2) is 17.0 Å². The van der Waals surface area contributed by atoms with Gasteiger partial charge >= 0.3 is 6.41 Å². The molecular formula is C24H21ClN6O4. The average Bonchev–Trinajstić information content (AvgIpc) is 3.29. The number of benzene rings is 1. The van der Waals surface area contributed by atoms with Crippen LogP contribution in [0.15, 0.2) is 57.2 Å². The van der Waals surface area contributed by atoms with Crippen molar-refractivity contribution in [2.75, 3.05) is 5.32 Å². The van der Waals surface area contributed by atoms with E-state index in [-0.39, 0.29) is 22.5 Å². The fourth-order valence-corrected chi connectivity index (χ4v) is 4.12. The summed E-state index contributed by atoms with van der Waals surface area (Å²) in [6.07, 6.45) is 3.40. The molecule has 3 aromatic heterocycles. The third-order valence-corrected chi connectivity index (χ3v) is 5.83. The molecule has 1 aliphatic heterocycles. The number of hydrogen-bond acceptors (Lipinski definition) is 10. The van der Waals surface area contributed by atoms with Gasteiger partial charge in [0.05, 0.1) is 23.3 Å². The lowest BCUT2D eigenvalue weighted by atomic mass is 9.99. The minimum Gasteiger partial charge on any atom is -0.453 e. The lowest BCUT2D eigenvalue weighted by Gasteiger charge is -2.20. The van der Waals surface area contributed by atoms with Gasteiger partial charge in [-0.3, -0.25) is 9.78 Å². The van der Waals surface area contributed by atoms with Crippen LogP contribution in [0.2, 0.25) is 5.15 Å². The molecule has 0 bridgehead atoms. The van der Waals surface area contributed by atoms with Gasteiger partial charge in [0.2, 0.25) is 0 Å². The van der Waals surface area contributed by atoms with Gasteiger partial charge in [-0.1, -0.05) is 22.8 Å². The molecule has 1 aliphatic rings. The van der Waals surface area contributed by atoms with Gasteiger partial charge in [0.25, 0.3) is 0 Å². The average molecular weight is 493 g/mol. The lowest BCUT2D eigenvalue weighted by molar-refractivity contribution is -0.0896. The van der Waals surface area contributed by atoms with Crippen LogP contribution in [0.3, 0.4) is 0 Å².